The number of ether oxygens (including phenoxy) is 3. The highest BCUT2D eigenvalue weighted by molar-refractivity contribution is 7.11. The highest BCUT2D eigenvalue weighted by Crippen LogP contribution is 2.38. The van der Waals surface area contributed by atoms with Crippen LogP contribution in [0.3, 0.4) is 0 Å². The maximum atomic E-state index is 13.5. The number of methoxy groups -OCH3 is 1. The number of nitrogens with one attached hydrogen (secondary N) is 1. The Labute approximate surface area is 196 Å². The minimum Gasteiger partial charge on any atom is -0.497 e. The average molecular weight is 465 g/mol. The van der Waals surface area contributed by atoms with Crippen LogP contribution in [0, 0.1) is 0 Å². The molecule has 2 amide bonds. The van der Waals surface area contributed by atoms with E-state index in [2.05, 4.69) is 5.32 Å². The van der Waals surface area contributed by atoms with Crippen molar-refractivity contribution < 1.29 is 23.8 Å². The molecule has 1 N–H and O–H groups in total. The van der Waals surface area contributed by atoms with Crippen molar-refractivity contribution in [1.29, 1.82) is 0 Å². The second-order valence-corrected chi connectivity index (χ2v) is 7.97. The zero-order valence-electron chi connectivity index (χ0n) is 18.6. The highest BCUT2D eigenvalue weighted by Gasteiger charge is 2.40. The summed E-state index contributed by atoms with van der Waals surface area (Å²) in [6.45, 7) is 4.76. The monoisotopic (exact) mass is 464 g/mol. The number of thiophene rings is 1. The number of benzene rings is 2. The Morgan fingerprint density at radius 2 is 1.70 bits per heavy atom. The molecule has 0 saturated heterocycles. The molecule has 1 aliphatic rings. The first-order chi connectivity index (χ1) is 16.1. The predicted octanol–water partition coefficient (Wildman–Crippen LogP) is 4.95. The van der Waals surface area contributed by atoms with Gasteiger partial charge in [0.1, 0.15) is 11.4 Å². The molecule has 7 nitrogen and oxygen atoms in total. The quantitative estimate of drug-likeness (QED) is 0.452. The summed E-state index contributed by atoms with van der Waals surface area (Å²) in [5, 5.41) is 5.03. The van der Waals surface area contributed by atoms with E-state index in [4.69, 9.17) is 14.2 Å². The van der Waals surface area contributed by atoms with Gasteiger partial charge in [0.2, 0.25) is 0 Å². The lowest BCUT2D eigenvalue weighted by molar-refractivity contribution is -0.120. The molecule has 2 heterocycles. The molecule has 0 unspecified atom stereocenters. The van der Waals surface area contributed by atoms with Crippen LogP contribution in [0.2, 0.25) is 0 Å². The molecule has 0 atom stereocenters. The molecular formula is C25H24N2O5S. The summed E-state index contributed by atoms with van der Waals surface area (Å²) in [6, 6.07) is 15.9. The van der Waals surface area contributed by atoms with Crippen LogP contribution in [0.25, 0.3) is 5.57 Å². The highest BCUT2D eigenvalue weighted by atomic mass is 32.1. The summed E-state index contributed by atoms with van der Waals surface area (Å²) in [4.78, 5) is 28.8. The van der Waals surface area contributed by atoms with Crippen molar-refractivity contribution in [3.05, 3.63) is 70.6 Å². The first-order valence-corrected chi connectivity index (χ1v) is 11.4. The lowest BCUT2D eigenvalue weighted by atomic mass is 10.1. The molecule has 8 heteroatoms. The van der Waals surface area contributed by atoms with Crippen LogP contribution < -0.4 is 24.4 Å². The summed E-state index contributed by atoms with van der Waals surface area (Å²) in [6.07, 6.45) is 0. The molecule has 0 radical (unpaired) electrons. The van der Waals surface area contributed by atoms with Crippen molar-refractivity contribution in [2.45, 2.75) is 13.8 Å². The number of hydrogen-bond donors (Lipinski definition) is 1. The third-order valence-corrected chi connectivity index (χ3v) is 5.86. The molecule has 3 aromatic rings. The lowest BCUT2D eigenvalue weighted by Crippen LogP contribution is -2.32. The Morgan fingerprint density at radius 1 is 0.909 bits per heavy atom. The standard InChI is InChI=1S/C25H24N2O5S/c1-4-31-19-12-11-16(14-20(19)32-5-2)26-23-22(21-10-7-13-33-21)24(28)27(25(23)29)17-8-6-9-18(15-17)30-3/h6-15,26H,4-5H2,1-3H3. The summed E-state index contributed by atoms with van der Waals surface area (Å²) in [7, 11) is 1.54. The molecule has 0 spiro atoms. The largest absolute Gasteiger partial charge is 0.497 e. The van der Waals surface area contributed by atoms with E-state index in [1.54, 1.807) is 42.5 Å². The van der Waals surface area contributed by atoms with Crippen molar-refractivity contribution in [3.8, 4) is 17.2 Å². The van der Waals surface area contributed by atoms with Gasteiger partial charge in [0.05, 0.1) is 31.6 Å². The van der Waals surface area contributed by atoms with Crippen LogP contribution in [0.1, 0.15) is 18.7 Å². The van der Waals surface area contributed by atoms with Crippen molar-refractivity contribution >= 4 is 40.1 Å². The predicted molar refractivity (Wildman–Crippen MR) is 129 cm³/mol. The minimum atomic E-state index is -0.441. The Bertz CT molecular complexity index is 1200. The summed E-state index contributed by atoms with van der Waals surface area (Å²) < 4.78 is 16.6. The number of hydrogen-bond acceptors (Lipinski definition) is 7. The fourth-order valence-electron chi connectivity index (χ4n) is 3.55. The van der Waals surface area contributed by atoms with Gasteiger partial charge in [-0.05, 0) is 49.6 Å². The maximum Gasteiger partial charge on any atom is 0.282 e. The fraction of sp³-hybridized carbons (Fsp3) is 0.200. The molecule has 0 saturated carbocycles. The fourth-order valence-corrected chi connectivity index (χ4v) is 4.32. The summed E-state index contributed by atoms with van der Waals surface area (Å²) in [5.41, 5.74) is 1.58. The average Bonchev–Trinajstić information content (AvgIpc) is 3.42. The van der Waals surface area contributed by atoms with Gasteiger partial charge in [0.15, 0.2) is 11.5 Å². The number of carbonyl (C=O) groups is 2. The van der Waals surface area contributed by atoms with Crippen LogP contribution in [0.4, 0.5) is 11.4 Å². The van der Waals surface area contributed by atoms with Gasteiger partial charge in [-0.3, -0.25) is 9.59 Å². The van der Waals surface area contributed by atoms with Gasteiger partial charge >= 0.3 is 0 Å². The number of nitrogens with zero attached hydrogens (tertiary/aromatic N) is 1. The summed E-state index contributed by atoms with van der Waals surface area (Å²) in [5.74, 6) is 0.894. The maximum absolute atomic E-state index is 13.5. The second kappa shape index (κ2) is 9.79. The van der Waals surface area contributed by atoms with Crippen LogP contribution in [0.5, 0.6) is 17.2 Å². The topological polar surface area (TPSA) is 77.1 Å². The zero-order valence-corrected chi connectivity index (χ0v) is 19.4. The smallest absolute Gasteiger partial charge is 0.282 e. The van der Waals surface area contributed by atoms with E-state index >= 15 is 0 Å². The summed E-state index contributed by atoms with van der Waals surface area (Å²) >= 11 is 1.40. The van der Waals surface area contributed by atoms with Crippen LogP contribution in [-0.2, 0) is 9.59 Å². The third-order valence-electron chi connectivity index (χ3n) is 4.98. The van der Waals surface area contributed by atoms with Gasteiger partial charge in [-0.25, -0.2) is 4.90 Å². The van der Waals surface area contributed by atoms with Crippen molar-refractivity contribution in [1.82, 2.24) is 0 Å². The molecule has 0 bridgehead atoms. The van der Waals surface area contributed by atoms with E-state index in [0.717, 1.165) is 4.90 Å². The normalized spacial score (nSPS) is 13.5. The number of amides is 2. The van der Waals surface area contributed by atoms with E-state index in [0.29, 0.717) is 52.3 Å². The van der Waals surface area contributed by atoms with E-state index < -0.39 is 11.8 Å². The number of carbonyl (C=O) groups excluding carboxylic acids is 2. The minimum absolute atomic E-state index is 0.205. The van der Waals surface area contributed by atoms with Crippen LogP contribution in [0.15, 0.2) is 65.7 Å². The second-order valence-electron chi connectivity index (χ2n) is 7.03. The molecule has 4 rings (SSSR count). The zero-order chi connectivity index (χ0) is 23.4. The molecular weight excluding hydrogens is 440 g/mol. The molecule has 1 aliphatic heterocycles. The van der Waals surface area contributed by atoms with Crippen LogP contribution in [-0.4, -0.2) is 32.1 Å². The molecule has 0 aliphatic carbocycles. The Kier molecular flexibility index (Phi) is 6.65. The number of anilines is 2. The van der Waals surface area contributed by atoms with Crippen LogP contribution >= 0.6 is 11.3 Å². The van der Waals surface area contributed by atoms with Gasteiger partial charge in [-0.1, -0.05) is 12.1 Å². The SMILES string of the molecule is CCOc1ccc(NC2=C(c3cccs3)C(=O)N(c3cccc(OC)c3)C2=O)cc1OCC. The molecule has 170 valence electrons. The van der Waals surface area contributed by atoms with Gasteiger partial charge in [-0.2, -0.15) is 0 Å². The first-order valence-electron chi connectivity index (χ1n) is 10.5. The Morgan fingerprint density at radius 3 is 2.39 bits per heavy atom. The van der Waals surface area contributed by atoms with E-state index in [-0.39, 0.29) is 5.70 Å². The van der Waals surface area contributed by atoms with Gasteiger partial charge < -0.3 is 19.5 Å². The third kappa shape index (κ3) is 4.42. The Hall–Kier alpha value is -3.78. The Balaban J connectivity index is 1.75. The lowest BCUT2D eigenvalue weighted by Gasteiger charge is -2.16. The van der Waals surface area contributed by atoms with Gasteiger partial charge in [0, 0.05) is 22.7 Å². The first kappa shape index (κ1) is 22.4. The van der Waals surface area contributed by atoms with E-state index in [1.807, 2.05) is 31.4 Å². The molecule has 1 aromatic heterocycles. The molecule has 33 heavy (non-hydrogen) atoms. The van der Waals surface area contributed by atoms with Gasteiger partial charge in [-0.15, -0.1) is 11.3 Å². The van der Waals surface area contributed by atoms with Gasteiger partial charge in [0.25, 0.3) is 11.8 Å². The number of rotatable bonds is 9. The van der Waals surface area contributed by atoms with Crippen molar-refractivity contribution in [2.24, 2.45) is 0 Å². The van der Waals surface area contributed by atoms with Crippen molar-refractivity contribution in [2.75, 3.05) is 30.5 Å². The molecule has 0 fully saturated rings. The van der Waals surface area contributed by atoms with Crippen molar-refractivity contribution in [3.63, 3.8) is 0 Å². The van der Waals surface area contributed by atoms with E-state index in [9.17, 15) is 9.59 Å². The molecule has 2 aromatic carbocycles. The number of imide groups is 1. The van der Waals surface area contributed by atoms with E-state index in [1.165, 1.54) is 18.4 Å².